The van der Waals surface area contributed by atoms with Gasteiger partial charge >= 0.3 is 0 Å². The van der Waals surface area contributed by atoms with Crippen molar-refractivity contribution >= 4 is 23.2 Å². The second-order valence-corrected chi connectivity index (χ2v) is 7.77. The van der Waals surface area contributed by atoms with Gasteiger partial charge in [0.2, 0.25) is 11.9 Å². The van der Waals surface area contributed by atoms with Gasteiger partial charge in [-0.05, 0) is 25.8 Å². The van der Waals surface area contributed by atoms with Crippen LogP contribution < -0.4 is 4.90 Å². The molecule has 0 N–H and O–H groups in total. The highest BCUT2D eigenvalue weighted by Crippen LogP contribution is 2.24. The van der Waals surface area contributed by atoms with E-state index in [1.165, 1.54) is 12.8 Å². The van der Waals surface area contributed by atoms with E-state index in [-0.39, 0.29) is 12.0 Å². The summed E-state index contributed by atoms with van der Waals surface area (Å²) in [6, 6.07) is 1.89. The molecule has 0 spiro atoms. The summed E-state index contributed by atoms with van der Waals surface area (Å²) in [6.07, 6.45) is 4.31. The zero-order valence-electron chi connectivity index (χ0n) is 14.9. The van der Waals surface area contributed by atoms with Gasteiger partial charge in [0.05, 0.1) is 36.0 Å². The second-order valence-electron chi connectivity index (χ2n) is 6.71. The summed E-state index contributed by atoms with van der Waals surface area (Å²) in [5.74, 6) is 0.863. The molecule has 0 unspecified atom stereocenters. The van der Waals surface area contributed by atoms with E-state index in [1.54, 1.807) is 17.5 Å². The Balaban J connectivity index is 1.43. The van der Waals surface area contributed by atoms with Crippen LogP contribution >= 0.6 is 11.3 Å². The Bertz CT molecular complexity index is 774. The number of anilines is 1. The van der Waals surface area contributed by atoms with E-state index < -0.39 is 0 Å². The van der Waals surface area contributed by atoms with Crippen molar-refractivity contribution in [1.82, 2.24) is 19.9 Å². The molecule has 138 valence electrons. The van der Waals surface area contributed by atoms with E-state index in [4.69, 9.17) is 9.72 Å². The lowest BCUT2D eigenvalue weighted by molar-refractivity contribution is -0.138. The monoisotopic (exact) mass is 373 g/mol. The Hall–Kier alpha value is -2.06. The number of aromatic nitrogens is 3. The van der Waals surface area contributed by atoms with Crippen LogP contribution in [0, 0.1) is 6.92 Å². The maximum absolute atomic E-state index is 12.6. The van der Waals surface area contributed by atoms with Crippen molar-refractivity contribution in [2.45, 2.75) is 32.3 Å². The van der Waals surface area contributed by atoms with E-state index in [2.05, 4.69) is 14.9 Å². The summed E-state index contributed by atoms with van der Waals surface area (Å²) < 4.78 is 5.90. The van der Waals surface area contributed by atoms with Gasteiger partial charge in [-0.15, -0.1) is 11.3 Å². The van der Waals surface area contributed by atoms with Crippen LogP contribution in [-0.2, 0) is 16.0 Å². The first-order valence-electron chi connectivity index (χ1n) is 9.07. The van der Waals surface area contributed by atoms with Crippen molar-refractivity contribution < 1.29 is 9.53 Å². The summed E-state index contributed by atoms with van der Waals surface area (Å²) in [7, 11) is 0. The van der Waals surface area contributed by atoms with Gasteiger partial charge in [-0.2, -0.15) is 0 Å². The van der Waals surface area contributed by atoms with Gasteiger partial charge in [-0.3, -0.25) is 4.79 Å². The third-order valence-corrected chi connectivity index (χ3v) is 5.62. The summed E-state index contributed by atoms with van der Waals surface area (Å²) >= 11 is 1.58. The minimum atomic E-state index is -0.200. The lowest BCUT2D eigenvalue weighted by Gasteiger charge is -2.33. The zero-order valence-corrected chi connectivity index (χ0v) is 15.7. The fourth-order valence-corrected chi connectivity index (χ4v) is 4.03. The van der Waals surface area contributed by atoms with Gasteiger partial charge in [-0.1, -0.05) is 0 Å². The maximum Gasteiger partial charge on any atom is 0.228 e. The Kier molecular flexibility index (Phi) is 5.12. The molecule has 2 aliphatic heterocycles. The smallest absolute Gasteiger partial charge is 0.228 e. The highest BCUT2D eigenvalue weighted by molar-refractivity contribution is 7.09. The van der Waals surface area contributed by atoms with Gasteiger partial charge in [0.1, 0.15) is 6.10 Å². The first-order chi connectivity index (χ1) is 12.7. The molecule has 2 aliphatic rings. The number of amides is 1. The number of ether oxygens (including phenoxy) is 1. The molecule has 2 saturated heterocycles. The van der Waals surface area contributed by atoms with Crippen LogP contribution in [0.3, 0.4) is 0 Å². The standard InChI is InChI=1S/C18H23N5O2S/c1-13-20-14(12-26-13)10-17(24)23-8-9-25-16(11-23)15-4-5-19-18(21-15)22-6-2-3-7-22/h4-5,12,16H,2-3,6-11H2,1H3/t16-/m1/s1. The average molecular weight is 373 g/mol. The van der Waals surface area contributed by atoms with Crippen molar-refractivity contribution in [3.63, 3.8) is 0 Å². The van der Waals surface area contributed by atoms with E-state index in [0.717, 1.165) is 35.4 Å². The molecule has 1 amide bonds. The average Bonchev–Trinajstić information content (AvgIpc) is 3.34. The molecule has 7 nitrogen and oxygen atoms in total. The number of hydrogen-bond donors (Lipinski definition) is 0. The quantitative estimate of drug-likeness (QED) is 0.816. The summed E-state index contributed by atoms with van der Waals surface area (Å²) in [5, 5.41) is 2.95. The molecule has 0 saturated carbocycles. The zero-order chi connectivity index (χ0) is 17.9. The van der Waals surface area contributed by atoms with Crippen molar-refractivity contribution in [2.24, 2.45) is 0 Å². The number of carbonyl (C=O) groups is 1. The minimum absolute atomic E-state index is 0.0948. The van der Waals surface area contributed by atoms with Gasteiger partial charge < -0.3 is 14.5 Å². The summed E-state index contributed by atoms with van der Waals surface area (Å²) in [6.45, 7) is 5.63. The van der Waals surface area contributed by atoms with E-state index in [0.29, 0.717) is 26.1 Å². The van der Waals surface area contributed by atoms with Crippen LogP contribution in [-0.4, -0.2) is 58.5 Å². The lowest BCUT2D eigenvalue weighted by Crippen LogP contribution is -2.43. The molecule has 0 radical (unpaired) electrons. The number of carbonyl (C=O) groups excluding carboxylic acids is 1. The molecule has 26 heavy (non-hydrogen) atoms. The normalized spacial score (nSPS) is 20.6. The third kappa shape index (κ3) is 3.86. The largest absolute Gasteiger partial charge is 0.368 e. The van der Waals surface area contributed by atoms with E-state index in [9.17, 15) is 4.79 Å². The van der Waals surface area contributed by atoms with Gasteiger partial charge in [0, 0.05) is 31.2 Å². The number of nitrogens with zero attached hydrogens (tertiary/aromatic N) is 5. The Morgan fingerprint density at radius 3 is 2.92 bits per heavy atom. The molecule has 2 fully saturated rings. The predicted octanol–water partition coefficient (Wildman–Crippen LogP) is 1.98. The molecular weight excluding hydrogens is 350 g/mol. The van der Waals surface area contributed by atoms with Crippen molar-refractivity contribution in [2.75, 3.05) is 37.7 Å². The number of aryl methyl sites for hydroxylation is 1. The molecule has 4 rings (SSSR count). The van der Waals surface area contributed by atoms with Crippen LogP contribution in [0.2, 0.25) is 0 Å². The molecule has 4 heterocycles. The molecular formula is C18H23N5O2S. The summed E-state index contributed by atoms with van der Waals surface area (Å²) in [4.78, 5) is 30.2. The van der Waals surface area contributed by atoms with Crippen molar-refractivity contribution in [1.29, 1.82) is 0 Å². The summed E-state index contributed by atoms with van der Waals surface area (Å²) in [5.41, 5.74) is 1.70. The first kappa shape index (κ1) is 17.4. The Labute approximate surface area is 157 Å². The van der Waals surface area contributed by atoms with E-state index in [1.807, 2.05) is 23.3 Å². The highest BCUT2D eigenvalue weighted by atomic mass is 32.1. The number of thiazole rings is 1. The maximum atomic E-state index is 12.6. The van der Waals surface area contributed by atoms with Crippen molar-refractivity contribution in [3.05, 3.63) is 34.0 Å². The minimum Gasteiger partial charge on any atom is -0.368 e. The number of morpholine rings is 1. The predicted molar refractivity (Wildman–Crippen MR) is 99.3 cm³/mol. The molecule has 0 bridgehead atoms. The number of rotatable bonds is 4. The van der Waals surface area contributed by atoms with Gasteiger partial charge in [0.25, 0.3) is 0 Å². The molecule has 2 aromatic heterocycles. The topological polar surface area (TPSA) is 71.5 Å². The van der Waals surface area contributed by atoms with Crippen LogP contribution in [0.4, 0.5) is 5.95 Å². The fourth-order valence-electron chi connectivity index (χ4n) is 3.42. The van der Waals surface area contributed by atoms with Crippen LogP contribution in [0.1, 0.15) is 35.3 Å². The molecule has 0 aromatic carbocycles. The second kappa shape index (κ2) is 7.67. The SMILES string of the molecule is Cc1nc(CC(=O)N2CCO[C@@H](c3ccnc(N4CCCC4)n3)C2)cs1. The Morgan fingerprint density at radius 1 is 1.31 bits per heavy atom. The van der Waals surface area contributed by atoms with Crippen molar-refractivity contribution in [3.8, 4) is 0 Å². The molecule has 8 heteroatoms. The Morgan fingerprint density at radius 2 is 2.15 bits per heavy atom. The fraction of sp³-hybridized carbons (Fsp3) is 0.556. The first-order valence-corrected chi connectivity index (χ1v) is 9.95. The van der Waals surface area contributed by atoms with E-state index >= 15 is 0 Å². The lowest BCUT2D eigenvalue weighted by atomic mass is 10.2. The van der Waals surface area contributed by atoms with Gasteiger partial charge in [0.15, 0.2) is 0 Å². The van der Waals surface area contributed by atoms with Crippen LogP contribution in [0.15, 0.2) is 17.6 Å². The number of hydrogen-bond acceptors (Lipinski definition) is 7. The molecule has 0 aliphatic carbocycles. The molecule has 2 aromatic rings. The van der Waals surface area contributed by atoms with Crippen LogP contribution in [0.5, 0.6) is 0 Å². The van der Waals surface area contributed by atoms with Gasteiger partial charge in [-0.25, -0.2) is 15.0 Å². The third-order valence-electron chi connectivity index (χ3n) is 4.80. The van der Waals surface area contributed by atoms with Crippen LogP contribution in [0.25, 0.3) is 0 Å². The molecule has 1 atom stereocenters. The highest BCUT2D eigenvalue weighted by Gasteiger charge is 2.27.